The minimum absolute atomic E-state index is 0.0454. The molecule has 0 heterocycles. The summed E-state index contributed by atoms with van der Waals surface area (Å²) in [5, 5.41) is 12.7. The number of halogens is 2. The van der Waals surface area contributed by atoms with Crippen molar-refractivity contribution in [3.05, 3.63) is 63.6 Å². The van der Waals surface area contributed by atoms with Crippen LogP contribution in [0.3, 0.4) is 0 Å². The van der Waals surface area contributed by atoms with E-state index in [9.17, 15) is 14.7 Å². The molecule has 7 heteroatoms. The number of rotatable bonds is 5. The minimum atomic E-state index is -0.907. The Morgan fingerprint density at radius 2 is 1.83 bits per heavy atom. The summed E-state index contributed by atoms with van der Waals surface area (Å²) in [6, 6.07) is 9.68. The van der Waals surface area contributed by atoms with Crippen LogP contribution in [0, 0.1) is 0 Å². The smallest absolute Gasteiger partial charge is 0.328 e. The van der Waals surface area contributed by atoms with Gasteiger partial charge in [0, 0.05) is 22.0 Å². The molecule has 0 aliphatic carbocycles. The summed E-state index contributed by atoms with van der Waals surface area (Å²) < 4.78 is 4.74. The number of ether oxygens (including phenoxy) is 1. The summed E-state index contributed by atoms with van der Waals surface area (Å²) in [5.74, 6) is -1.01. The second kappa shape index (κ2) is 8.04. The molecule has 1 atom stereocenters. The van der Waals surface area contributed by atoms with Crippen molar-refractivity contribution in [3.8, 4) is 5.75 Å². The molecule has 0 spiro atoms. The van der Waals surface area contributed by atoms with Crippen molar-refractivity contribution >= 4 is 35.1 Å². The fourth-order valence-corrected chi connectivity index (χ4v) is 2.58. The van der Waals surface area contributed by atoms with Crippen LogP contribution in [-0.4, -0.2) is 30.1 Å². The number of phenols is 1. The van der Waals surface area contributed by atoms with Gasteiger partial charge < -0.3 is 15.2 Å². The van der Waals surface area contributed by atoms with Crippen LogP contribution in [0.1, 0.15) is 15.9 Å². The highest BCUT2D eigenvalue weighted by Gasteiger charge is 2.23. The second-order valence-electron chi connectivity index (χ2n) is 5.04. The van der Waals surface area contributed by atoms with Crippen molar-refractivity contribution in [3.63, 3.8) is 0 Å². The first-order chi connectivity index (χ1) is 11.4. The van der Waals surface area contributed by atoms with Gasteiger partial charge in [-0.3, -0.25) is 4.79 Å². The molecular formula is C17H15Cl2NO4. The molecule has 0 saturated carbocycles. The van der Waals surface area contributed by atoms with E-state index in [0.717, 1.165) is 0 Å². The molecule has 2 aromatic rings. The Labute approximate surface area is 149 Å². The fourth-order valence-electron chi connectivity index (χ4n) is 2.10. The van der Waals surface area contributed by atoms with E-state index in [0.29, 0.717) is 21.2 Å². The van der Waals surface area contributed by atoms with Crippen molar-refractivity contribution in [2.24, 2.45) is 0 Å². The van der Waals surface area contributed by atoms with Crippen molar-refractivity contribution in [1.29, 1.82) is 0 Å². The Morgan fingerprint density at radius 3 is 2.42 bits per heavy atom. The number of aromatic hydroxyl groups is 1. The largest absolute Gasteiger partial charge is 0.508 e. The lowest BCUT2D eigenvalue weighted by atomic mass is 10.1. The first kappa shape index (κ1) is 18.1. The van der Waals surface area contributed by atoms with Gasteiger partial charge in [0.15, 0.2) is 0 Å². The molecule has 0 unspecified atom stereocenters. The standard InChI is InChI=1S/C17H15Cl2NO4/c1-24-17(23)15(8-11-2-5-12(18)9-14(11)19)20-16(22)10-3-6-13(21)7-4-10/h2-7,9,15,21H,8H2,1H3,(H,20,22)/t15-/m0/s1. The zero-order valence-electron chi connectivity index (χ0n) is 12.8. The molecule has 0 saturated heterocycles. The average molecular weight is 368 g/mol. The van der Waals surface area contributed by atoms with Gasteiger partial charge in [-0.05, 0) is 42.0 Å². The van der Waals surface area contributed by atoms with Gasteiger partial charge in [0.2, 0.25) is 0 Å². The number of carbonyl (C=O) groups is 2. The van der Waals surface area contributed by atoms with Crippen LogP contribution < -0.4 is 5.32 Å². The maximum atomic E-state index is 12.3. The zero-order valence-corrected chi connectivity index (χ0v) is 14.3. The van der Waals surface area contributed by atoms with Gasteiger partial charge in [-0.25, -0.2) is 4.79 Å². The van der Waals surface area contributed by atoms with E-state index in [1.807, 2.05) is 0 Å². The second-order valence-corrected chi connectivity index (χ2v) is 5.88. The topological polar surface area (TPSA) is 75.6 Å². The molecule has 24 heavy (non-hydrogen) atoms. The number of phenolic OH excluding ortho intramolecular Hbond substituents is 1. The maximum absolute atomic E-state index is 12.3. The molecule has 5 nitrogen and oxygen atoms in total. The normalized spacial score (nSPS) is 11.6. The summed E-state index contributed by atoms with van der Waals surface area (Å²) in [4.78, 5) is 24.2. The third-order valence-electron chi connectivity index (χ3n) is 3.36. The minimum Gasteiger partial charge on any atom is -0.508 e. The molecule has 0 aliphatic heterocycles. The third kappa shape index (κ3) is 4.63. The van der Waals surface area contributed by atoms with Crippen LogP contribution >= 0.6 is 23.2 Å². The van der Waals surface area contributed by atoms with Crippen LogP contribution in [0.15, 0.2) is 42.5 Å². The van der Waals surface area contributed by atoms with Gasteiger partial charge in [-0.15, -0.1) is 0 Å². The highest BCUT2D eigenvalue weighted by atomic mass is 35.5. The van der Waals surface area contributed by atoms with E-state index < -0.39 is 17.9 Å². The molecule has 0 fully saturated rings. The molecule has 0 aromatic heterocycles. The van der Waals surface area contributed by atoms with Gasteiger partial charge in [0.1, 0.15) is 11.8 Å². The van der Waals surface area contributed by atoms with Crippen LogP contribution in [0.5, 0.6) is 5.75 Å². The molecule has 0 bridgehead atoms. The van der Waals surface area contributed by atoms with Crippen LogP contribution in [0.25, 0.3) is 0 Å². The first-order valence-corrected chi connectivity index (χ1v) is 7.78. The summed E-state index contributed by atoms with van der Waals surface area (Å²) in [6.45, 7) is 0. The van der Waals surface area contributed by atoms with Crippen LogP contribution in [0.2, 0.25) is 10.0 Å². The number of carbonyl (C=O) groups excluding carboxylic acids is 2. The SMILES string of the molecule is COC(=O)[C@H](Cc1ccc(Cl)cc1Cl)NC(=O)c1ccc(O)cc1. The summed E-state index contributed by atoms with van der Waals surface area (Å²) in [6.07, 6.45) is 0.159. The quantitative estimate of drug-likeness (QED) is 0.795. The van der Waals surface area contributed by atoms with E-state index in [2.05, 4.69) is 5.32 Å². The molecular weight excluding hydrogens is 353 g/mol. The summed E-state index contributed by atoms with van der Waals surface area (Å²) in [7, 11) is 1.24. The molecule has 1 amide bonds. The summed E-state index contributed by atoms with van der Waals surface area (Å²) in [5.41, 5.74) is 0.964. The van der Waals surface area contributed by atoms with Gasteiger partial charge in [-0.1, -0.05) is 29.3 Å². The van der Waals surface area contributed by atoms with Crippen LogP contribution in [0.4, 0.5) is 0 Å². The third-order valence-corrected chi connectivity index (χ3v) is 3.95. The van der Waals surface area contributed by atoms with Gasteiger partial charge >= 0.3 is 5.97 Å². The first-order valence-electron chi connectivity index (χ1n) is 7.02. The van der Waals surface area contributed by atoms with E-state index in [1.54, 1.807) is 18.2 Å². The number of esters is 1. The highest BCUT2D eigenvalue weighted by Crippen LogP contribution is 2.22. The van der Waals surface area contributed by atoms with Crippen molar-refractivity contribution in [2.45, 2.75) is 12.5 Å². The predicted octanol–water partition coefficient (Wildman–Crippen LogP) is 3.21. The Hall–Kier alpha value is -2.24. The van der Waals surface area contributed by atoms with Gasteiger partial charge in [-0.2, -0.15) is 0 Å². The van der Waals surface area contributed by atoms with Crippen molar-refractivity contribution in [2.75, 3.05) is 7.11 Å². The number of hydrogen-bond acceptors (Lipinski definition) is 4. The Balaban J connectivity index is 2.17. The Morgan fingerprint density at radius 1 is 1.17 bits per heavy atom. The number of amides is 1. The van der Waals surface area contributed by atoms with Gasteiger partial charge in [0.25, 0.3) is 5.91 Å². The predicted molar refractivity (Wildman–Crippen MR) is 91.5 cm³/mol. The molecule has 0 aliphatic rings. The summed E-state index contributed by atoms with van der Waals surface area (Å²) >= 11 is 12.0. The lowest BCUT2D eigenvalue weighted by molar-refractivity contribution is -0.142. The highest BCUT2D eigenvalue weighted by molar-refractivity contribution is 6.35. The van der Waals surface area contributed by atoms with Crippen molar-refractivity contribution < 1.29 is 19.4 Å². The van der Waals surface area contributed by atoms with Gasteiger partial charge in [0.05, 0.1) is 7.11 Å². The van der Waals surface area contributed by atoms with E-state index in [-0.39, 0.29) is 12.2 Å². The zero-order chi connectivity index (χ0) is 17.7. The lowest BCUT2D eigenvalue weighted by Gasteiger charge is -2.17. The fraction of sp³-hybridized carbons (Fsp3) is 0.176. The van der Waals surface area contributed by atoms with E-state index in [1.165, 1.54) is 31.4 Å². The van der Waals surface area contributed by atoms with E-state index in [4.69, 9.17) is 27.9 Å². The number of benzene rings is 2. The Kier molecular flexibility index (Phi) is 6.06. The molecule has 2 aromatic carbocycles. The van der Waals surface area contributed by atoms with E-state index >= 15 is 0 Å². The molecule has 2 N–H and O–H groups in total. The van der Waals surface area contributed by atoms with Crippen LogP contribution in [-0.2, 0) is 16.0 Å². The maximum Gasteiger partial charge on any atom is 0.328 e. The monoisotopic (exact) mass is 367 g/mol. The molecule has 2 rings (SSSR count). The van der Waals surface area contributed by atoms with Crippen molar-refractivity contribution in [1.82, 2.24) is 5.32 Å². The lowest BCUT2D eigenvalue weighted by Crippen LogP contribution is -2.43. The molecule has 126 valence electrons. The Bertz CT molecular complexity index is 747. The molecule has 0 radical (unpaired) electrons. The number of nitrogens with one attached hydrogen (secondary N) is 1. The average Bonchev–Trinajstić information content (AvgIpc) is 2.56. The number of methoxy groups -OCH3 is 1. The number of hydrogen-bond donors (Lipinski definition) is 2.